The van der Waals surface area contributed by atoms with Crippen molar-refractivity contribution >= 4 is 5.96 Å². The number of nitrogens with zero attached hydrogens (tertiary/aromatic N) is 1. The van der Waals surface area contributed by atoms with Crippen LogP contribution in [0.1, 0.15) is 38.5 Å². The van der Waals surface area contributed by atoms with E-state index in [0.29, 0.717) is 30.4 Å². The molecule has 2 aliphatic carbocycles. The number of hydrogen-bond acceptors (Lipinski definition) is 2. The summed E-state index contributed by atoms with van der Waals surface area (Å²) in [6.07, 6.45) is 7.19. The fraction of sp³-hybridized carbons (Fsp3) is 0.917. The van der Waals surface area contributed by atoms with Crippen molar-refractivity contribution in [1.82, 2.24) is 5.32 Å². The zero-order chi connectivity index (χ0) is 11.4. The van der Waals surface area contributed by atoms with Crippen molar-refractivity contribution in [3.8, 4) is 0 Å². The Morgan fingerprint density at radius 2 is 2.00 bits per heavy atom. The van der Waals surface area contributed by atoms with E-state index < -0.39 is 0 Å². The Kier molecular flexibility index (Phi) is 4.04. The molecule has 0 aromatic carbocycles. The first-order chi connectivity index (χ1) is 7.78. The standard InChI is InChI=1S/C12H23N3O/c13-12(15-11-4-5-11)14-7-9-2-1-3-10(6-9)8-16/h9-11,16H,1-8H2,(H3,13,14,15)/t9-,10+/m0/s1. The van der Waals surface area contributed by atoms with Crippen molar-refractivity contribution in [2.45, 2.75) is 44.6 Å². The lowest BCUT2D eigenvalue weighted by molar-refractivity contribution is 0.163. The van der Waals surface area contributed by atoms with Crippen molar-refractivity contribution in [2.24, 2.45) is 22.6 Å². The van der Waals surface area contributed by atoms with Gasteiger partial charge in [0.15, 0.2) is 5.96 Å². The van der Waals surface area contributed by atoms with E-state index in [4.69, 9.17) is 10.8 Å². The van der Waals surface area contributed by atoms with E-state index in [-0.39, 0.29) is 0 Å². The summed E-state index contributed by atoms with van der Waals surface area (Å²) in [6, 6.07) is 0.584. The molecule has 2 fully saturated rings. The number of aliphatic hydroxyl groups excluding tert-OH is 1. The molecule has 0 aromatic rings. The summed E-state index contributed by atoms with van der Waals surface area (Å²) in [5.41, 5.74) is 5.79. The third-order valence-corrected chi connectivity index (χ3v) is 3.60. The average molecular weight is 225 g/mol. The first-order valence-electron chi connectivity index (χ1n) is 6.45. The Morgan fingerprint density at radius 1 is 1.25 bits per heavy atom. The zero-order valence-corrected chi connectivity index (χ0v) is 9.86. The highest BCUT2D eigenvalue weighted by Gasteiger charge is 2.23. The Labute approximate surface area is 97.3 Å². The molecule has 4 N–H and O–H groups in total. The van der Waals surface area contributed by atoms with Crippen LogP contribution in [0, 0.1) is 11.8 Å². The maximum Gasteiger partial charge on any atom is 0.188 e. The van der Waals surface area contributed by atoms with Crippen LogP contribution >= 0.6 is 0 Å². The topological polar surface area (TPSA) is 70.6 Å². The fourth-order valence-electron chi connectivity index (χ4n) is 2.44. The molecule has 0 aliphatic heterocycles. The van der Waals surface area contributed by atoms with E-state index in [9.17, 15) is 0 Å². The molecule has 4 nitrogen and oxygen atoms in total. The van der Waals surface area contributed by atoms with Crippen molar-refractivity contribution in [3.63, 3.8) is 0 Å². The van der Waals surface area contributed by atoms with Gasteiger partial charge >= 0.3 is 0 Å². The van der Waals surface area contributed by atoms with Gasteiger partial charge in [0.05, 0.1) is 0 Å². The number of hydrogen-bond donors (Lipinski definition) is 3. The maximum atomic E-state index is 9.14. The zero-order valence-electron chi connectivity index (χ0n) is 9.86. The lowest BCUT2D eigenvalue weighted by Crippen LogP contribution is -2.34. The molecule has 0 aromatic heterocycles. The highest BCUT2D eigenvalue weighted by atomic mass is 16.3. The minimum atomic E-state index is 0.329. The quantitative estimate of drug-likeness (QED) is 0.491. The summed E-state index contributed by atoms with van der Waals surface area (Å²) in [5.74, 6) is 1.71. The molecular formula is C12H23N3O. The van der Waals surface area contributed by atoms with Gasteiger partial charge in [-0.1, -0.05) is 6.42 Å². The average Bonchev–Trinajstić information content (AvgIpc) is 3.10. The molecule has 0 unspecified atom stereocenters. The Balaban J connectivity index is 1.71. The molecule has 16 heavy (non-hydrogen) atoms. The van der Waals surface area contributed by atoms with Gasteiger partial charge in [-0.05, 0) is 43.9 Å². The number of aliphatic hydroxyl groups is 1. The van der Waals surface area contributed by atoms with E-state index in [0.717, 1.165) is 13.0 Å². The molecule has 4 heteroatoms. The second-order valence-electron chi connectivity index (χ2n) is 5.23. The van der Waals surface area contributed by atoms with Gasteiger partial charge in [-0.2, -0.15) is 0 Å². The molecule has 2 rings (SSSR count). The fourth-order valence-corrected chi connectivity index (χ4v) is 2.44. The Bertz CT molecular complexity index is 251. The maximum absolute atomic E-state index is 9.14. The van der Waals surface area contributed by atoms with Gasteiger partial charge in [-0.25, -0.2) is 0 Å². The number of nitrogens with one attached hydrogen (secondary N) is 1. The van der Waals surface area contributed by atoms with Crippen LogP contribution in [-0.4, -0.2) is 30.3 Å². The van der Waals surface area contributed by atoms with Gasteiger partial charge in [0.2, 0.25) is 0 Å². The number of rotatable bonds is 4. The minimum absolute atomic E-state index is 0.329. The highest BCUT2D eigenvalue weighted by molar-refractivity contribution is 5.78. The largest absolute Gasteiger partial charge is 0.396 e. The van der Waals surface area contributed by atoms with Crippen LogP contribution in [0.25, 0.3) is 0 Å². The van der Waals surface area contributed by atoms with Gasteiger partial charge in [0, 0.05) is 19.2 Å². The number of guanidine groups is 1. The molecule has 0 spiro atoms. The van der Waals surface area contributed by atoms with Gasteiger partial charge in [0.25, 0.3) is 0 Å². The van der Waals surface area contributed by atoms with Crippen molar-refractivity contribution in [3.05, 3.63) is 0 Å². The van der Waals surface area contributed by atoms with Crippen LogP contribution in [0.4, 0.5) is 0 Å². The summed E-state index contributed by atoms with van der Waals surface area (Å²) in [7, 11) is 0. The highest BCUT2D eigenvalue weighted by Crippen LogP contribution is 2.28. The van der Waals surface area contributed by atoms with E-state index in [2.05, 4.69) is 10.3 Å². The molecule has 92 valence electrons. The second-order valence-corrected chi connectivity index (χ2v) is 5.23. The summed E-state index contributed by atoms with van der Waals surface area (Å²) < 4.78 is 0. The van der Waals surface area contributed by atoms with Crippen LogP contribution in [-0.2, 0) is 0 Å². The third kappa shape index (κ3) is 3.67. The van der Waals surface area contributed by atoms with E-state index in [1.807, 2.05) is 0 Å². The van der Waals surface area contributed by atoms with Crippen LogP contribution in [0.5, 0.6) is 0 Å². The Morgan fingerprint density at radius 3 is 2.69 bits per heavy atom. The minimum Gasteiger partial charge on any atom is -0.396 e. The first-order valence-corrected chi connectivity index (χ1v) is 6.45. The molecule has 2 saturated carbocycles. The predicted octanol–water partition coefficient (Wildman–Crippen LogP) is 0.852. The lowest BCUT2D eigenvalue weighted by atomic mass is 9.82. The smallest absolute Gasteiger partial charge is 0.188 e. The predicted molar refractivity (Wildman–Crippen MR) is 65.2 cm³/mol. The third-order valence-electron chi connectivity index (χ3n) is 3.60. The van der Waals surface area contributed by atoms with E-state index in [1.165, 1.54) is 32.1 Å². The molecule has 0 bridgehead atoms. The van der Waals surface area contributed by atoms with Crippen LogP contribution in [0.3, 0.4) is 0 Å². The normalized spacial score (nSPS) is 31.4. The van der Waals surface area contributed by atoms with Gasteiger partial charge in [-0.3, -0.25) is 4.99 Å². The van der Waals surface area contributed by atoms with Crippen molar-refractivity contribution in [2.75, 3.05) is 13.2 Å². The SMILES string of the molecule is NC(=NC[C@H]1CCC[C@@H](CO)C1)NC1CC1. The molecule has 0 saturated heterocycles. The first kappa shape index (κ1) is 11.7. The monoisotopic (exact) mass is 225 g/mol. The van der Waals surface area contributed by atoms with E-state index in [1.54, 1.807) is 0 Å². The summed E-state index contributed by atoms with van der Waals surface area (Å²) in [4.78, 5) is 4.40. The van der Waals surface area contributed by atoms with Gasteiger partial charge < -0.3 is 16.2 Å². The molecule has 0 amide bonds. The summed E-state index contributed by atoms with van der Waals surface area (Å²) in [5, 5.41) is 12.3. The van der Waals surface area contributed by atoms with Crippen LogP contribution in [0.15, 0.2) is 4.99 Å². The Hall–Kier alpha value is -0.770. The number of aliphatic imine (C=N–C) groups is 1. The summed E-state index contributed by atoms with van der Waals surface area (Å²) >= 11 is 0. The lowest BCUT2D eigenvalue weighted by Gasteiger charge is -2.26. The van der Waals surface area contributed by atoms with Crippen molar-refractivity contribution in [1.29, 1.82) is 0 Å². The number of nitrogens with two attached hydrogens (primary N) is 1. The molecule has 0 radical (unpaired) electrons. The second kappa shape index (κ2) is 5.53. The molecule has 2 aliphatic rings. The van der Waals surface area contributed by atoms with Crippen LogP contribution in [0.2, 0.25) is 0 Å². The van der Waals surface area contributed by atoms with Crippen LogP contribution < -0.4 is 11.1 Å². The van der Waals surface area contributed by atoms with Gasteiger partial charge in [0.1, 0.15) is 0 Å². The summed E-state index contributed by atoms with van der Waals surface area (Å²) in [6.45, 7) is 1.15. The van der Waals surface area contributed by atoms with Crippen molar-refractivity contribution < 1.29 is 5.11 Å². The van der Waals surface area contributed by atoms with E-state index >= 15 is 0 Å². The molecule has 2 atom stereocenters. The van der Waals surface area contributed by atoms with Gasteiger partial charge in [-0.15, -0.1) is 0 Å². The molecular weight excluding hydrogens is 202 g/mol. The molecule has 0 heterocycles.